The molecule has 0 fully saturated rings. The molecular formula is C18H20Cl2N3O2+. The third-order valence-electron chi connectivity index (χ3n) is 3.81. The van der Waals surface area contributed by atoms with E-state index in [4.69, 9.17) is 23.2 Å². The van der Waals surface area contributed by atoms with E-state index in [2.05, 4.69) is 10.6 Å². The number of halogens is 2. The molecule has 0 saturated heterocycles. The molecular weight excluding hydrogens is 361 g/mol. The summed E-state index contributed by atoms with van der Waals surface area (Å²) in [6.07, 6.45) is 0. The van der Waals surface area contributed by atoms with Crippen molar-refractivity contribution >= 4 is 46.4 Å². The van der Waals surface area contributed by atoms with E-state index in [1.807, 2.05) is 0 Å². The van der Waals surface area contributed by atoms with E-state index in [9.17, 15) is 9.59 Å². The highest BCUT2D eigenvalue weighted by molar-refractivity contribution is 6.31. The molecule has 132 valence electrons. The van der Waals surface area contributed by atoms with E-state index in [1.165, 1.54) is 0 Å². The fourth-order valence-electron chi connectivity index (χ4n) is 2.15. The van der Waals surface area contributed by atoms with Crippen LogP contribution < -0.4 is 15.5 Å². The van der Waals surface area contributed by atoms with Crippen LogP contribution in [0.25, 0.3) is 0 Å². The molecule has 0 saturated carbocycles. The highest BCUT2D eigenvalue weighted by atomic mass is 35.5. The number of benzene rings is 2. The second-order valence-electron chi connectivity index (χ2n) is 5.80. The van der Waals surface area contributed by atoms with Gasteiger partial charge in [-0.2, -0.15) is 0 Å². The van der Waals surface area contributed by atoms with Crippen LogP contribution in [-0.4, -0.2) is 31.4 Å². The molecule has 0 aliphatic carbocycles. The maximum atomic E-state index is 12.3. The van der Waals surface area contributed by atoms with Crippen molar-refractivity contribution in [3.05, 3.63) is 58.6 Å². The van der Waals surface area contributed by atoms with E-state index in [0.717, 1.165) is 4.90 Å². The lowest BCUT2D eigenvalue weighted by atomic mass is 10.2. The SMILES string of the molecule is C[C@@H](C(=O)Nc1ccc(Cl)cc1)[NH+](C)CC(=O)Nc1ccc(Cl)cc1. The molecule has 2 rings (SSSR count). The molecule has 3 N–H and O–H groups in total. The van der Waals surface area contributed by atoms with E-state index in [1.54, 1.807) is 62.5 Å². The first-order valence-corrected chi connectivity index (χ1v) is 8.55. The minimum absolute atomic E-state index is 0.165. The van der Waals surface area contributed by atoms with Crippen LogP contribution in [0.2, 0.25) is 10.0 Å². The first-order valence-electron chi connectivity index (χ1n) is 7.79. The van der Waals surface area contributed by atoms with Crippen LogP contribution in [0.1, 0.15) is 6.92 Å². The van der Waals surface area contributed by atoms with Crippen LogP contribution in [-0.2, 0) is 9.59 Å². The Morgan fingerprint density at radius 2 is 1.36 bits per heavy atom. The van der Waals surface area contributed by atoms with Crippen molar-refractivity contribution in [2.75, 3.05) is 24.2 Å². The smallest absolute Gasteiger partial charge is 0.282 e. The summed E-state index contributed by atoms with van der Waals surface area (Å²) in [5.41, 5.74) is 1.33. The molecule has 2 atom stereocenters. The number of likely N-dealkylation sites (N-methyl/N-ethyl adjacent to an activating group) is 1. The molecule has 2 aromatic carbocycles. The van der Waals surface area contributed by atoms with Crippen molar-refractivity contribution in [2.45, 2.75) is 13.0 Å². The number of nitrogens with one attached hydrogen (secondary N) is 3. The Hall–Kier alpha value is -2.08. The lowest BCUT2D eigenvalue weighted by Gasteiger charge is -2.20. The van der Waals surface area contributed by atoms with Gasteiger partial charge >= 0.3 is 0 Å². The van der Waals surface area contributed by atoms with Crippen LogP contribution in [0.3, 0.4) is 0 Å². The fraction of sp³-hybridized carbons (Fsp3) is 0.222. The van der Waals surface area contributed by atoms with Gasteiger partial charge in [0.25, 0.3) is 11.8 Å². The molecule has 0 spiro atoms. The molecule has 0 aliphatic rings. The average molecular weight is 381 g/mol. The van der Waals surface area contributed by atoms with E-state index in [0.29, 0.717) is 21.4 Å². The third-order valence-corrected chi connectivity index (χ3v) is 4.32. The number of amides is 2. The molecule has 0 aromatic heterocycles. The minimum atomic E-state index is -0.397. The van der Waals surface area contributed by atoms with Gasteiger partial charge in [0.1, 0.15) is 0 Å². The Morgan fingerprint density at radius 3 is 1.84 bits per heavy atom. The Labute approximate surface area is 156 Å². The molecule has 1 unspecified atom stereocenters. The Morgan fingerprint density at radius 1 is 0.920 bits per heavy atom. The first kappa shape index (κ1) is 19.2. The highest BCUT2D eigenvalue weighted by Gasteiger charge is 2.24. The van der Waals surface area contributed by atoms with Gasteiger partial charge in [-0.1, -0.05) is 23.2 Å². The average Bonchev–Trinajstić information content (AvgIpc) is 2.58. The quantitative estimate of drug-likeness (QED) is 0.720. The second kappa shape index (κ2) is 8.85. The normalized spacial score (nSPS) is 13.0. The monoisotopic (exact) mass is 380 g/mol. The molecule has 7 heteroatoms. The standard InChI is InChI=1S/C18H19Cl2N3O2/c1-12(18(25)22-16-9-5-14(20)6-10-16)23(2)11-17(24)21-15-7-3-13(19)4-8-15/h3-10,12H,11H2,1-2H3,(H,21,24)(H,22,25)/p+1/t12-/m0/s1. The number of hydrogen-bond donors (Lipinski definition) is 3. The van der Waals surface area contributed by atoms with Gasteiger partial charge in [-0.05, 0) is 55.5 Å². The number of carbonyl (C=O) groups excluding carboxylic acids is 2. The summed E-state index contributed by atoms with van der Waals surface area (Å²) in [4.78, 5) is 25.2. The summed E-state index contributed by atoms with van der Waals surface area (Å²) in [6, 6.07) is 13.3. The van der Waals surface area contributed by atoms with Crippen LogP contribution in [0, 0.1) is 0 Å². The number of quaternary nitrogens is 1. The van der Waals surface area contributed by atoms with E-state index < -0.39 is 6.04 Å². The van der Waals surface area contributed by atoms with Gasteiger partial charge in [0.2, 0.25) is 0 Å². The van der Waals surface area contributed by atoms with Crippen LogP contribution in [0.5, 0.6) is 0 Å². The van der Waals surface area contributed by atoms with Crippen LogP contribution >= 0.6 is 23.2 Å². The fourth-order valence-corrected chi connectivity index (χ4v) is 2.40. The summed E-state index contributed by atoms with van der Waals surface area (Å²) in [6.45, 7) is 1.94. The van der Waals surface area contributed by atoms with Crippen molar-refractivity contribution in [1.82, 2.24) is 0 Å². The zero-order valence-electron chi connectivity index (χ0n) is 14.0. The van der Waals surface area contributed by atoms with Crippen molar-refractivity contribution in [3.8, 4) is 0 Å². The van der Waals surface area contributed by atoms with Crippen LogP contribution in [0.15, 0.2) is 48.5 Å². The Bertz CT molecular complexity index is 733. The topological polar surface area (TPSA) is 62.6 Å². The predicted octanol–water partition coefficient (Wildman–Crippen LogP) is 2.47. The predicted molar refractivity (Wildman–Crippen MR) is 101 cm³/mol. The summed E-state index contributed by atoms with van der Waals surface area (Å²) in [5.74, 6) is -0.343. The highest BCUT2D eigenvalue weighted by Crippen LogP contribution is 2.14. The van der Waals surface area contributed by atoms with Gasteiger partial charge in [-0.15, -0.1) is 0 Å². The van der Waals surface area contributed by atoms with Crippen molar-refractivity contribution in [2.24, 2.45) is 0 Å². The van der Waals surface area contributed by atoms with Gasteiger partial charge in [0.05, 0.1) is 7.05 Å². The number of hydrogen-bond acceptors (Lipinski definition) is 2. The third kappa shape index (κ3) is 6.05. The molecule has 2 amide bonds. The Kier molecular flexibility index (Phi) is 6.82. The summed E-state index contributed by atoms with van der Waals surface area (Å²) < 4.78 is 0. The number of anilines is 2. The summed E-state index contributed by atoms with van der Waals surface area (Å²) in [5, 5.41) is 6.81. The second-order valence-corrected chi connectivity index (χ2v) is 6.67. The van der Waals surface area contributed by atoms with Gasteiger partial charge in [-0.25, -0.2) is 0 Å². The molecule has 0 radical (unpaired) electrons. The van der Waals surface area contributed by atoms with Crippen molar-refractivity contribution < 1.29 is 14.5 Å². The van der Waals surface area contributed by atoms with Crippen molar-refractivity contribution in [1.29, 1.82) is 0 Å². The maximum absolute atomic E-state index is 12.3. The van der Waals surface area contributed by atoms with Gasteiger partial charge in [0, 0.05) is 21.4 Å². The largest absolute Gasteiger partial charge is 0.321 e. The zero-order valence-corrected chi connectivity index (χ0v) is 15.5. The molecule has 25 heavy (non-hydrogen) atoms. The number of rotatable bonds is 6. The first-order chi connectivity index (χ1) is 11.8. The molecule has 5 nitrogen and oxygen atoms in total. The maximum Gasteiger partial charge on any atom is 0.282 e. The number of carbonyl (C=O) groups is 2. The molecule has 0 bridgehead atoms. The molecule has 0 aliphatic heterocycles. The van der Waals surface area contributed by atoms with Crippen molar-refractivity contribution in [3.63, 3.8) is 0 Å². The van der Waals surface area contributed by atoms with Gasteiger partial charge in [0.15, 0.2) is 12.6 Å². The lowest BCUT2D eigenvalue weighted by molar-refractivity contribution is -0.885. The lowest BCUT2D eigenvalue weighted by Crippen LogP contribution is -3.14. The zero-order chi connectivity index (χ0) is 18.4. The van der Waals surface area contributed by atoms with E-state index in [-0.39, 0.29) is 18.4 Å². The molecule has 2 aromatic rings. The molecule has 0 heterocycles. The van der Waals surface area contributed by atoms with E-state index >= 15 is 0 Å². The Balaban J connectivity index is 1.86. The summed E-state index contributed by atoms with van der Waals surface area (Å²) in [7, 11) is 1.80. The van der Waals surface area contributed by atoms with Crippen LogP contribution in [0.4, 0.5) is 11.4 Å². The van der Waals surface area contributed by atoms with Gasteiger partial charge < -0.3 is 15.5 Å². The minimum Gasteiger partial charge on any atom is -0.321 e. The van der Waals surface area contributed by atoms with Gasteiger partial charge in [-0.3, -0.25) is 9.59 Å². The summed E-state index contributed by atoms with van der Waals surface area (Å²) >= 11 is 11.6.